The Morgan fingerprint density at radius 2 is 1.13 bits per heavy atom. The van der Waals surface area contributed by atoms with Gasteiger partial charge in [0.1, 0.15) is 52.8 Å². The van der Waals surface area contributed by atoms with E-state index in [1.165, 1.54) is 36.4 Å². The van der Waals surface area contributed by atoms with E-state index in [1.54, 1.807) is 0 Å². The molecular formula is C23H18O15S. The minimum Gasteiger partial charge on any atom is -0.490 e. The van der Waals surface area contributed by atoms with Crippen molar-refractivity contribution in [2.45, 2.75) is 6.10 Å². The third-order valence-corrected chi connectivity index (χ3v) is 4.72. The van der Waals surface area contributed by atoms with Gasteiger partial charge in [-0.25, -0.2) is 9.59 Å². The number of hydrogen-bond acceptors (Lipinski definition) is 11. The lowest BCUT2D eigenvalue weighted by molar-refractivity contribution is 0.0636. The number of carboxylic acid groups (broad SMARTS) is 2. The van der Waals surface area contributed by atoms with Gasteiger partial charge in [-0.05, 0) is 24.3 Å². The molecule has 0 fully saturated rings. The first kappa shape index (κ1) is 28.8. The summed E-state index contributed by atoms with van der Waals surface area (Å²) in [6.45, 7) is -0.608. The maximum atomic E-state index is 12.3. The summed E-state index contributed by atoms with van der Waals surface area (Å²) in [4.78, 5) is 46.8. The Labute approximate surface area is 216 Å². The fourth-order valence-electron chi connectivity index (χ4n) is 3.23. The van der Waals surface area contributed by atoms with Crippen LogP contribution in [0.3, 0.4) is 0 Å². The molecule has 5 N–H and O–H groups in total. The molecule has 4 rings (SSSR count). The van der Waals surface area contributed by atoms with Gasteiger partial charge in [0.25, 0.3) is 0 Å². The summed E-state index contributed by atoms with van der Waals surface area (Å²) in [5, 5.41) is 28.4. The zero-order chi connectivity index (χ0) is 28.9. The molecule has 0 bridgehead atoms. The van der Waals surface area contributed by atoms with Gasteiger partial charge < -0.3 is 33.6 Å². The second-order valence-electron chi connectivity index (χ2n) is 7.54. The van der Waals surface area contributed by atoms with E-state index in [2.05, 4.69) is 0 Å². The summed E-state index contributed by atoms with van der Waals surface area (Å²) in [5.74, 6) is -3.65. The maximum absolute atomic E-state index is 12.3. The van der Waals surface area contributed by atoms with Gasteiger partial charge in [-0.3, -0.25) is 18.7 Å². The van der Waals surface area contributed by atoms with Crippen LogP contribution >= 0.6 is 0 Å². The average Bonchev–Trinajstić information content (AvgIpc) is 2.84. The third-order valence-electron chi connectivity index (χ3n) is 4.72. The van der Waals surface area contributed by atoms with Crippen molar-refractivity contribution in [3.05, 3.63) is 80.5 Å². The predicted molar refractivity (Wildman–Crippen MR) is 130 cm³/mol. The van der Waals surface area contributed by atoms with Crippen molar-refractivity contribution in [2.75, 3.05) is 13.2 Å². The van der Waals surface area contributed by atoms with E-state index >= 15 is 0 Å². The van der Waals surface area contributed by atoms with E-state index in [-0.39, 0.29) is 46.7 Å². The maximum Gasteiger partial charge on any atom is 0.394 e. The second-order valence-corrected chi connectivity index (χ2v) is 8.44. The Morgan fingerprint density at radius 3 is 1.46 bits per heavy atom. The van der Waals surface area contributed by atoms with Gasteiger partial charge in [-0.15, -0.1) is 0 Å². The summed E-state index contributed by atoms with van der Waals surface area (Å²) in [5.41, 5.74) is -1.22. The summed E-state index contributed by atoms with van der Waals surface area (Å²) >= 11 is 0. The van der Waals surface area contributed by atoms with E-state index in [0.717, 1.165) is 12.1 Å². The molecule has 0 amide bonds. The van der Waals surface area contributed by atoms with Gasteiger partial charge in [0, 0.05) is 12.1 Å². The Morgan fingerprint density at radius 1 is 0.769 bits per heavy atom. The summed E-state index contributed by atoms with van der Waals surface area (Å²) in [6, 6.07) is 10.4. The van der Waals surface area contributed by atoms with Crippen molar-refractivity contribution >= 4 is 44.3 Å². The molecule has 2 heterocycles. The first-order chi connectivity index (χ1) is 18.2. The normalized spacial score (nSPS) is 11.2. The lowest BCUT2D eigenvalue weighted by Crippen LogP contribution is -2.25. The van der Waals surface area contributed by atoms with E-state index in [9.17, 15) is 24.3 Å². The van der Waals surface area contributed by atoms with E-state index in [4.69, 9.17) is 46.0 Å². The number of aliphatic hydroxyl groups is 1. The number of aliphatic hydroxyl groups excluding tert-OH is 1. The minimum absolute atomic E-state index is 0.0105. The number of aromatic carboxylic acids is 2. The minimum atomic E-state index is -4.67. The van der Waals surface area contributed by atoms with Crippen LogP contribution in [0.2, 0.25) is 0 Å². The van der Waals surface area contributed by atoms with Crippen LogP contribution in [-0.4, -0.2) is 64.1 Å². The number of carbonyl (C=O) groups is 2. The molecule has 39 heavy (non-hydrogen) atoms. The molecule has 0 spiro atoms. The van der Waals surface area contributed by atoms with Crippen molar-refractivity contribution in [1.82, 2.24) is 0 Å². The highest BCUT2D eigenvalue weighted by Gasteiger charge is 2.17. The molecule has 4 aromatic rings. The van der Waals surface area contributed by atoms with Crippen molar-refractivity contribution in [2.24, 2.45) is 0 Å². The molecule has 0 aliphatic carbocycles. The molecule has 0 saturated heterocycles. The number of benzene rings is 2. The van der Waals surface area contributed by atoms with Gasteiger partial charge >= 0.3 is 22.3 Å². The molecule has 0 aliphatic heterocycles. The molecule has 0 atom stereocenters. The van der Waals surface area contributed by atoms with Gasteiger partial charge in [-0.1, -0.05) is 12.1 Å². The highest BCUT2D eigenvalue weighted by molar-refractivity contribution is 7.79. The van der Waals surface area contributed by atoms with Crippen LogP contribution in [0.5, 0.6) is 11.5 Å². The van der Waals surface area contributed by atoms with Crippen LogP contribution in [0.15, 0.2) is 67.0 Å². The van der Waals surface area contributed by atoms with Gasteiger partial charge in [0.05, 0.1) is 0 Å². The molecule has 0 unspecified atom stereocenters. The first-order valence-electron chi connectivity index (χ1n) is 10.5. The van der Waals surface area contributed by atoms with Crippen LogP contribution in [0.25, 0.3) is 21.9 Å². The summed E-state index contributed by atoms with van der Waals surface area (Å²) in [6.07, 6.45) is -1.19. The zero-order valence-electron chi connectivity index (χ0n) is 19.3. The van der Waals surface area contributed by atoms with Crippen LogP contribution in [0.4, 0.5) is 0 Å². The smallest absolute Gasteiger partial charge is 0.394 e. The van der Waals surface area contributed by atoms with Crippen molar-refractivity contribution < 1.29 is 60.7 Å². The quantitative estimate of drug-likeness (QED) is 0.189. The van der Waals surface area contributed by atoms with Crippen molar-refractivity contribution in [3.8, 4) is 11.5 Å². The molecule has 206 valence electrons. The van der Waals surface area contributed by atoms with E-state index in [1.807, 2.05) is 0 Å². The summed E-state index contributed by atoms with van der Waals surface area (Å²) < 4.78 is 53.0. The topological polar surface area (TPSA) is 248 Å². The Hall–Kier alpha value is -4.77. The number of fused-ring (bicyclic) bond motifs is 2. The van der Waals surface area contributed by atoms with Gasteiger partial charge in [0.15, 0.2) is 10.9 Å². The van der Waals surface area contributed by atoms with Crippen LogP contribution < -0.4 is 20.3 Å². The van der Waals surface area contributed by atoms with Crippen LogP contribution in [0, 0.1) is 0 Å². The standard InChI is InChI=1S/C23H16O11.H2O4S/c24-11(9-31-14-3-1-5-16-20(14)12(25)7-18(33-16)22(27)28)10-32-15-4-2-6-17-21(15)13(26)8-19(34-17)23(29)30;1-5(2,3)4/h1-8,11,24H,9-10H2,(H,27,28)(H,29,30);(H2,1,2,3,4). The molecule has 15 nitrogen and oxygen atoms in total. The molecular weight excluding hydrogens is 548 g/mol. The highest BCUT2D eigenvalue weighted by Crippen LogP contribution is 2.25. The second kappa shape index (κ2) is 11.7. The molecule has 2 aromatic carbocycles. The third kappa shape index (κ3) is 7.62. The average molecular weight is 566 g/mol. The summed E-state index contributed by atoms with van der Waals surface area (Å²) in [7, 11) is -4.67. The van der Waals surface area contributed by atoms with Gasteiger partial charge in [0.2, 0.25) is 11.5 Å². The SMILES string of the molecule is O=C(O)c1cc(=O)c2c(OCC(O)COc3cccc4oc(C(=O)O)cc(=O)c34)cccc2o1.O=S(=O)(O)O. The molecule has 0 aliphatic rings. The monoisotopic (exact) mass is 566 g/mol. The molecule has 16 heteroatoms. The Kier molecular flexibility index (Phi) is 8.67. The largest absolute Gasteiger partial charge is 0.490 e. The van der Waals surface area contributed by atoms with Gasteiger partial charge in [-0.2, -0.15) is 8.42 Å². The Balaban J connectivity index is 0.000000771. The number of ether oxygens (including phenoxy) is 2. The Bertz CT molecular complexity index is 1650. The highest BCUT2D eigenvalue weighted by atomic mass is 32.3. The molecule has 0 saturated carbocycles. The predicted octanol–water partition coefficient (Wildman–Crippen LogP) is 1.46. The van der Waals surface area contributed by atoms with Crippen molar-refractivity contribution in [3.63, 3.8) is 0 Å². The zero-order valence-corrected chi connectivity index (χ0v) is 20.2. The van der Waals surface area contributed by atoms with Crippen LogP contribution in [0.1, 0.15) is 21.1 Å². The van der Waals surface area contributed by atoms with E-state index < -0.39 is 50.8 Å². The fourth-order valence-corrected chi connectivity index (χ4v) is 3.23. The van der Waals surface area contributed by atoms with Crippen molar-refractivity contribution in [1.29, 1.82) is 0 Å². The number of carboxylic acids is 2. The molecule has 0 radical (unpaired) electrons. The van der Waals surface area contributed by atoms with Crippen LogP contribution in [-0.2, 0) is 10.4 Å². The lowest BCUT2D eigenvalue weighted by atomic mass is 10.2. The number of rotatable bonds is 8. The first-order valence-corrected chi connectivity index (χ1v) is 11.9. The lowest BCUT2D eigenvalue weighted by Gasteiger charge is -2.15. The number of hydrogen-bond donors (Lipinski definition) is 5. The fraction of sp³-hybridized carbons (Fsp3) is 0.130. The molecule has 2 aromatic heterocycles. The van der Waals surface area contributed by atoms with E-state index in [0.29, 0.717) is 0 Å².